The minimum absolute atomic E-state index is 0.164. The van der Waals surface area contributed by atoms with Gasteiger partial charge >= 0.3 is 0 Å². The molecule has 6 nitrogen and oxygen atoms in total. The Balaban J connectivity index is 2.57. The molecule has 116 valence electrons. The Bertz CT molecular complexity index is 792. The van der Waals surface area contributed by atoms with Crippen molar-refractivity contribution in [2.24, 2.45) is 0 Å². The summed E-state index contributed by atoms with van der Waals surface area (Å²) in [6.45, 7) is 0.910. The molecule has 0 fully saturated rings. The van der Waals surface area contributed by atoms with Crippen LogP contribution in [0.15, 0.2) is 23.1 Å². The fraction of sp³-hybridized carbons (Fsp3) is 0.462. The van der Waals surface area contributed by atoms with Gasteiger partial charge < -0.3 is 19.0 Å². The molecule has 1 atom stereocenters. The van der Waals surface area contributed by atoms with E-state index in [-0.39, 0.29) is 11.0 Å². The number of rotatable bonds is 6. The molecule has 1 aromatic carbocycles. The molecule has 8 heteroatoms. The summed E-state index contributed by atoms with van der Waals surface area (Å²) in [6.07, 6.45) is 1.02. The van der Waals surface area contributed by atoms with E-state index in [0.29, 0.717) is 23.4 Å². The van der Waals surface area contributed by atoms with Crippen molar-refractivity contribution in [1.82, 2.24) is 9.55 Å². The second-order valence-corrected chi connectivity index (χ2v) is 7.15. The molecule has 2 rings (SSSR count). The van der Waals surface area contributed by atoms with E-state index in [4.69, 9.17) is 21.7 Å². The van der Waals surface area contributed by atoms with Crippen molar-refractivity contribution in [1.29, 1.82) is 0 Å². The second-order valence-electron chi connectivity index (χ2n) is 4.78. The minimum atomic E-state index is -3.32. The van der Waals surface area contributed by atoms with E-state index in [9.17, 15) is 8.42 Å². The molecule has 0 radical (unpaired) electrons. The topological polar surface area (TPSA) is 73.3 Å². The van der Waals surface area contributed by atoms with E-state index >= 15 is 0 Å². The zero-order valence-electron chi connectivity index (χ0n) is 12.1. The van der Waals surface area contributed by atoms with E-state index in [1.54, 1.807) is 26.4 Å². The molecule has 1 heterocycles. The van der Waals surface area contributed by atoms with Crippen LogP contribution < -0.4 is 0 Å². The Morgan fingerprint density at radius 3 is 2.67 bits per heavy atom. The first-order valence-electron chi connectivity index (χ1n) is 6.31. The van der Waals surface area contributed by atoms with E-state index in [2.05, 4.69) is 4.98 Å². The minimum Gasteiger partial charge on any atom is -0.382 e. The maximum Gasteiger partial charge on any atom is 0.178 e. The summed E-state index contributed by atoms with van der Waals surface area (Å²) in [7, 11) is -0.123. The highest BCUT2D eigenvalue weighted by Gasteiger charge is 2.17. The fourth-order valence-corrected chi connectivity index (χ4v) is 3.36. The Labute approximate surface area is 128 Å². The molecule has 1 N–H and O–H groups in total. The van der Waals surface area contributed by atoms with Crippen molar-refractivity contribution in [2.45, 2.75) is 17.5 Å². The molecule has 21 heavy (non-hydrogen) atoms. The highest BCUT2D eigenvalue weighted by Crippen LogP contribution is 2.23. The van der Waals surface area contributed by atoms with Gasteiger partial charge in [-0.25, -0.2) is 8.42 Å². The lowest BCUT2D eigenvalue weighted by molar-refractivity contribution is 0.0188. The van der Waals surface area contributed by atoms with Gasteiger partial charge in [0.2, 0.25) is 0 Å². The molecule has 0 aliphatic carbocycles. The van der Waals surface area contributed by atoms with Crippen molar-refractivity contribution in [3.05, 3.63) is 23.0 Å². The lowest BCUT2D eigenvalue weighted by Crippen LogP contribution is -2.23. The molecular weight excluding hydrogens is 312 g/mol. The molecule has 0 saturated carbocycles. The summed E-state index contributed by atoms with van der Waals surface area (Å²) in [6, 6.07) is 5.10. The number of ether oxygens (including phenoxy) is 2. The Hall–Kier alpha value is -1.22. The van der Waals surface area contributed by atoms with Gasteiger partial charge in [0.05, 0.1) is 35.2 Å². The quantitative estimate of drug-likeness (QED) is 0.817. The number of sulfone groups is 1. The summed E-state index contributed by atoms with van der Waals surface area (Å²) in [5, 5.41) is 0. The van der Waals surface area contributed by atoms with E-state index < -0.39 is 9.84 Å². The van der Waals surface area contributed by atoms with Gasteiger partial charge in [-0.2, -0.15) is 0 Å². The standard InChI is InChI=1S/C13H18N2O4S2/c1-18-8-9(19-2)7-15-10-5-4-6-11(21(3,16)17)12(10)14-13(15)20/h4-6,9H,7-8H2,1-3H3,(H,14,20). The average Bonchev–Trinajstić information content (AvgIpc) is 2.73. The Kier molecular flexibility index (Phi) is 4.82. The monoisotopic (exact) mass is 330 g/mol. The second kappa shape index (κ2) is 6.27. The number of nitrogens with one attached hydrogen (secondary N) is 1. The van der Waals surface area contributed by atoms with Crippen molar-refractivity contribution in [3.8, 4) is 0 Å². The van der Waals surface area contributed by atoms with Crippen LogP contribution in [0.1, 0.15) is 0 Å². The van der Waals surface area contributed by atoms with Gasteiger partial charge in [-0.3, -0.25) is 0 Å². The number of para-hydroxylation sites is 1. The van der Waals surface area contributed by atoms with Gasteiger partial charge in [-0.1, -0.05) is 6.07 Å². The molecule has 0 amide bonds. The number of hydrogen-bond donors (Lipinski definition) is 1. The first-order valence-corrected chi connectivity index (χ1v) is 8.61. The molecule has 2 aromatic rings. The van der Waals surface area contributed by atoms with Crippen LogP contribution in [0.2, 0.25) is 0 Å². The molecule has 1 aromatic heterocycles. The van der Waals surface area contributed by atoms with Crippen molar-refractivity contribution in [3.63, 3.8) is 0 Å². The zero-order chi connectivity index (χ0) is 15.6. The number of fused-ring (bicyclic) bond motifs is 1. The first-order chi connectivity index (χ1) is 9.88. The van der Waals surface area contributed by atoms with Crippen molar-refractivity contribution >= 4 is 33.1 Å². The summed E-state index contributed by atoms with van der Waals surface area (Å²) >= 11 is 5.30. The molecule has 0 aliphatic heterocycles. The lowest BCUT2D eigenvalue weighted by atomic mass is 10.3. The predicted molar refractivity (Wildman–Crippen MR) is 82.9 cm³/mol. The van der Waals surface area contributed by atoms with E-state index in [0.717, 1.165) is 5.52 Å². The van der Waals surface area contributed by atoms with Crippen LogP contribution in [0.4, 0.5) is 0 Å². The Morgan fingerprint density at radius 1 is 1.38 bits per heavy atom. The van der Waals surface area contributed by atoms with E-state index in [1.807, 2.05) is 10.6 Å². The van der Waals surface area contributed by atoms with Crippen LogP contribution in [0.3, 0.4) is 0 Å². The fourth-order valence-electron chi connectivity index (χ4n) is 2.23. The van der Waals surface area contributed by atoms with Crippen LogP contribution in [-0.4, -0.2) is 51.2 Å². The maximum atomic E-state index is 11.8. The van der Waals surface area contributed by atoms with Gasteiger partial charge in [-0.15, -0.1) is 0 Å². The third kappa shape index (κ3) is 3.34. The van der Waals surface area contributed by atoms with Crippen molar-refractivity contribution < 1.29 is 17.9 Å². The number of aromatic amines is 1. The van der Waals surface area contributed by atoms with Crippen LogP contribution in [0.25, 0.3) is 11.0 Å². The molecule has 0 bridgehead atoms. The number of hydrogen-bond acceptors (Lipinski definition) is 5. The van der Waals surface area contributed by atoms with Gasteiger partial charge in [0.25, 0.3) is 0 Å². The lowest BCUT2D eigenvalue weighted by Gasteiger charge is -2.15. The largest absolute Gasteiger partial charge is 0.382 e. The van der Waals surface area contributed by atoms with Crippen LogP contribution in [-0.2, 0) is 25.9 Å². The van der Waals surface area contributed by atoms with Gasteiger partial charge in [-0.05, 0) is 24.4 Å². The molecular formula is C13H18N2O4S2. The predicted octanol–water partition coefficient (Wildman–Crippen LogP) is 1.76. The summed E-state index contributed by atoms with van der Waals surface area (Å²) in [4.78, 5) is 3.22. The summed E-state index contributed by atoms with van der Waals surface area (Å²) in [5.74, 6) is 0. The molecule has 0 spiro atoms. The van der Waals surface area contributed by atoms with Gasteiger partial charge in [0.15, 0.2) is 14.6 Å². The van der Waals surface area contributed by atoms with Crippen LogP contribution >= 0.6 is 12.2 Å². The third-order valence-electron chi connectivity index (χ3n) is 3.24. The van der Waals surface area contributed by atoms with Crippen molar-refractivity contribution in [2.75, 3.05) is 27.1 Å². The number of imidazole rings is 1. The molecule has 0 saturated heterocycles. The SMILES string of the molecule is COCC(Cn1c(=S)[nH]c2c(S(C)(=O)=O)cccc21)OC. The highest BCUT2D eigenvalue weighted by molar-refractivity contribution is 7.91. The van der Waals surface area contributed by atoms with Gasteiger partial charge in [0, 0.05) is 20.5 Å². The number of aromatic nitrogens is 2. The molecule has 1 unspecified atom stereocenters. The molecule has 0 aliphatic rings. The number of benzene rings is 1. The highest BCUT2D eigenvalue weighted by atomic mass is 32.2. The van der Waals surface area contributed by atoms with Crippen LogP contribution in [0, 0.1) is 4.77 Å². The smallest absolute Gasteiger partial charge is 0.178 e. The number of methoxy groups -OCH3 is 2. The normalized spacial score (nSPS) is 13.7. The van der Waals surface area contributed by atoms with E-state index in [1.165, 1.54) is 6.26 Å². The number of H-pyrrole nitrogens is 1. The maximum absolute atomic E-state index is 11.8. The summed E-state index contributed by atoms with van der Waals surface area (Å²) < 4.78 is 36.4. The summed E-state index contributed by atoms with van der Waals surface area (Å²) in [5.41, 5.74) is 1.26. The zero-order valence-corrected chi connectivity index (χ0v) is 13.8. The third-order valence-corrected chi connectivity index (χ3v) is 4.71. The average molecular weight is 330 g/mol. The first kappa shape index (κ1) is 16.2. The Morgan fingerprint density at radius 2 is 2.10 bits per heavy atom. The van der Waals surface area contributed by atoms with Gasteiger partial charge in [0.1, 0.15) is 0 Å². The van der Waals surface area contributed by atoms with Crippen LogP contribution in [0.5, 0.6) is 0 Å². The number of nitrogens with zero attached hydrogens (tertiary/aromatic N) is 1.